The van der Waals surface area contributed by atoms with Gasteiger partial charge in [0.15, 0.2) is 5.82 Å². The Bertz CT molecular complexity index is 1580. The summed E-state index contributed by atoms with van der Waals surface area (Å²) < 4.78 is 7.50. The molecule has 46 heavy (non-hydrogen) atoms. The first kappa shape index (κ1) is 32.4. The SMILES string of the molecule is CC(C)(N)C(=O)NC(COCc1ccccc1)C(=O)Nc1cn(C(C(=O)N2CCN(c3ccccc3)CC2)c2ccccc2)cn1. The molecule has 1 fully saturated rings. The molecule has 0 radical (unpaired) electrons. The smallest absolute Gasteiger partial charge is 0.250 e. The number of nitrogens with zero attached hydrogens (tertiary/aromatic N) is 4. The van der Waals surface area contributed by atoms with Crippen LogP contribution in [0.2, 0.25) is 0 Å². The predicted molar refractivity (Wildman–Crippen MR) is 177 cm³/mol. The molecule has 4 aromatic rings. The number of aromatic nitrogens is 2. The Balaban J connectivity index is 1.29. The zero-order valence-corrected chi connectivity index (χ0v) is 26.2. The molecular weight excluding hydrogens is 582 g/mol. The van der Waals surface area contributed by atoms with E-state index < -0.39 is 29.4 Å². The lowest BCUT2D eigenvalue weighted by Gasteiger charge is -2.37. The van der Waals surface area contributed by atoms with Gasteiger partial charge >= 0.3 is 0 Å². The molecule has 1 aliphatic rings. The van der Waals surface area contributed by atoms with Gasteiger partial charge in [-0.05, 0) is 37.1 Å². The molecule has 11 heteroatoms. The second-order valence-electron chi connectivity index (χ2n) is 11.9. The standard InChI is InChI=1S/C35H41N7O4/c1-35(2,36)34(45)38-29(24-46-23-26-12-6-3-7-13-26)32(43)39-30-22-42(25-37-30)31(27-14-8-4-9-15-27)33(44)41-20-18-40(19-21-41)28-16-10-5-11-17-28/h3-17,22,25,29,31H,18-21,23-24,36H2,1-2H3,(H,38,45)(H,39,43). The van der Waals surface area contributed by atoms with E-state index >= 15 is 0 Å². The molecule has 240 valence electrons. The number of ether oxygens (including phenoxy) is 1. The maximum atomic E-state index is 14.0. The molecule has 2 atom stereocenters. The van der Waals surface area contributed by atoms with Gasteiger partial charge in [-0.3, -0.25) is 14.4 Å². The van der Waals surface area contributed by atoms with Gasteiger partial charge in [0, 0.05) is 38.1 Å². The van der Waals surface area contributed by atoms with E-state index in [9.17, 15) is 14.4 Å². The van der Waals surface area contributed by atoms with E-state index in [2.05, 4.69) is 32.7 Å². The zero-order chi connectivity index (χ0) is 32.5. The largest absolute Gasteiger partial charge is 0.374 e. The molecule has 3 aromatic carbocycles. The molecule has 11 nitrogen and oxygen atoms in total. The summed E-state index contributed by atoms with van der Waals surface area (Å²) >= 11 is 0. The van der Waals surface area contributed by atoms with Gasteiger partial charge in [0.1, 0.15) is 12.1 Å². The number of hydrogen-bond acceptors (Lipinski definition) is 7. The second kappa shape index (κ2) is 14.9. The van der Waals surface area contributed by atoms with E-state index in [0.29, 0.717) is 13.1 Å². The first-order valence-electron chi connectivity index (χ1n) is 15.4. The average Bonchev–Trinajstić information content (AvgIpc) is 3.52. The van der Waals surface area contributed by atoms with Crippen LogP contribution in [-0.2, 0) is 25.7 Å². The third-order valence-corrected chi connectivity index (χ3v) is 7.82. The van der Waals surface area contributed by atoms with Crippen LogP contribution in [0.5, 0.6) is 0 Å². The Morgan fingerprint density at radius 3 is 2.13 bits per heavy atom. The minimum absolute atomic E-state index is 0.0567. The fraction of sp³-hybridized carbons (Fsp3) is 0.314. The number of carbonyl (C=O) groups is 3. The summed E-state index contributed by atoms with van der Waals surface area (Å²) in [6, 6.07) is 27.5. The minimum Gasteiger partial charge on any atom is -0.374 e. The third-order valence-electron chi connectivity index (χ3n) is 7.82. The second-order valence-corrected chi connectivity index (χ2v) is 11.9. The van der Waals surface area contributed by atoms with Gasteiger partial charge in [0.05, 0.1) is 25.1 Å². The molecule has 0 saturated carbocycles. The van der Waals surface area contributed by atoms with E-state index in [0.717, 1.165) is 29.9 Å². The van der Waals surface area contributed by atoms with Gasteiger partial charge in [-0.2, -0.15) is 0 Å². The normalized spacial score (nSPS) is 14.8. The molecule has 1 aliphatic heterocycles. The number of amides is 3. The number of hydrogen-bond donors (Lipinski definition) is 3. The summed E-state index contributed by atoms with van der Waals surface area (Å²) in [4.78, 5) is 48.7. The molecule has 3 amide bonds. The monoisotopic (exact) mass is 623 g/mol. The van der Waals surface area contributed by atoms with Gasteiger partial charge in [0.2, 0.25) is 11.8 Å². The highest BCUT2D eigenvalue weighted by Crippen LogP contribution is 2.24. The lowest BCUT2D eigenvalue weighted by Crippen LogP contribution is -2.56. The molecule has 4 N–H and O–H groups in total. The summed E-state index contributed by atoms with van der Waals surface area (Å²) in [5.74, 6) is -0.833. The fourth-order valence-electron chi connectivity index (χ4n) is 5.23. The van der Waals surface area contributed by atoms with Gasteiger partial charge in [-0.25, -0.2) is 4.98 Å². The van der Waals surface area contributed by atoms with Gasteiger partial charge in [0.25, 0.3) is 5.91 Å². The lowest BCUT2D eigenvalue weighted by atomic mass is 10.0. The van der Waals surface area contributed by atoms with Gasteiger partial charge < -0.3 is 35.5 Å². The number of piperazine rings is 1. The van der Waals surface area contributed by atoms with Crippen LogP contribution in [0, 0.1) is 0 Å². The number of nitrogens with one attached hydrogen (secondary N) is 2. The highest BCUT2D eigenvalue weighted by Gasteiger charge is 2.32. The molecule has 1 saturated heterocycles. The van der Waals surface area contributed by atoms with Crippen LogP contribution in [0.1, 0.15) is 31.0 Å². The zero-order valence-electron chi connectivity index (χ0n) is 26.2. The Labute approximate surface area is 269 Å². The van der Waals surface area contributed by atoms with Crippen molar-refractivity contribution in [2.75, 3.05) is 43.0 Å². The summed E-state index contributed by atoms with van der Waals surface area (Å²) in [5, 5.41) is 5.47. The molecule has 2 unspecified atom stereocenters. The van der Waals surface area contributed by atoms with Gasteiger partial charge in [-0.15, -0.1) is 0 Å². The van der Waals surface area contributed by atoms with Crippen LogP contribution in [0.4, 0.5) is 11.5 Å². The third kappa shape index (κ3) is 8.38. The Morgan fingerprint density at radius 1 is 0.891 bits per heavy atom. The summed E-state index contributed by atoms with van der Waals surface area (Å²) in [6.07, 6.45) is 3.16. The molecular formula is C35H41N7O4. The van der Waals surface area contributed by atoms with Gasteiger partial charge in [-0.1, -0.05) is 78.9 Å². The van der Waals surface area contributed by atoms with Crippen molar-refractivity contribution in [1.82, 2.24) is 19.8 Å². The highest BCUT2D eigenvalue weighted by molar-refractivity contribution is 5.98. The van der Waals surface area contributed by atoms with E-state index in [1.807, 2.05) is 83.8 Å². The van der Waals surface area contributed by atoms with Crippen molar-refractivity contribution >= 4 is 29.2 Å². The van der Waals surface area contributed by atoms with Crippen LogP contribution in [0.25, 0.3) is 0 Å². The van der Waals surface area contributed by atoms with Crippen LogP contribution >= 0.6 is 0 Å². The average molecular weight is 624 g/mol. The van der Waals surface area contributed by atoms with Crippen LogP contribution in [0.15, 0.2) is 104 Å². The van der Waals surface area contributed by atoms with Crippen molar-refractivity contribution in [1.29, 1.82) is 0 Å². The Morgan fingerprint density at radius 2 is 1.50 bits per heavy atom. The number of rotatable bonds is 12. The number of benzene rings is 3. The first-order valence-corrected chi connectivity index (χ1v) is 15.4. The number of nitrogens with two attached hydrogens (primary N) is 1. The molecule has 0 aliphatic carbocycles. The quantitative estimate of drug-likeness (QED) is 0.221. The van der Waals surface area contributed by atoms with E-state index in [4.69, 9.17) is 10.5 Å². The van der Waals surface area contributed by atoms with E-state index in [1.165, 1.54) is 6.33 Å². The number of anilines is 2. The van der Waals surface area contributed by atoms with Crippen molar-refractivity contribution < 1.29 is 19.1 Å². The maximum Gasteiger partial charge on any atom is 0.250 e. The van der Waals surface area contributed by atoms with Crippen molar-refractivity contribution in [3.05, 3.63) is 115 Å². The van der Waals surface area contributed by atoms with Crippen LogP contribution in [0.3, 0.4) is 0 Å². The van der Waals surface area contributed by atoms with E-state index in [-0.39, 0.29) is 24.9 Å². The van der Waals surface area contributed by atoms with Crippen molar-refractivity contribution in [3.63, 3.8) is 0 Å². The fourth-order valence-corrected chi connectivity index (χ4v) is 5.23. The van der Waals surface area contributed by atoms with Crippen molar-refractivity contribution in [3.8, 4) is 0 Å². The van der Waals surface area contributed by atoms with Crippen LogP contribution in [-0.4, -0.2) is 76.5 Å². The Hall–Kier alpha value is -5.00. The number of para-hydroxylation sites is 1. The molecule has 0 spiro atoms. The molecule has 0 bridgehead atoms. The topological polar surface area (TPSA) is 135 Å². The lowest BCUT2D eigenvalue weighted by molar-refractivity contribution is -0.133. The van der Waals surface area contributed by atoms with Crippen molar-refractivity contribution in [2.45, 2.75) is 38.1 Å². The summed E-state index contributed by atoms with van der Waals surface area (Å²) in [5.41, 5.74) is 7.66. The summed E-state index contributed by atoms with van der Waals surface area (Å²) in [7, 11) is 0. The molecule has 1 aromatic heterocycles. The maximum absolute atomic E-state index is 14.0. The van der Waals surface area contributed by atoms with E-state index in [1.54, 1.807) is 24.6 Å². The predicted octanol–water partition coefficient (Wildman–Crippen LogP) is 3.20. The van der Waals surface area contributed by atoms with Crippen LogP contribution < -0.4 is 21.3 Å². The molecule has 5 rings (SSSR count). The van der Waals surface area contributed by atoms with Crippen molar-refractivity contribution in [2.24, 2.45) is 5.73 Å². The minimum atomic E-state index is -1.20. The summed E-state index contributed by atoms with van der Waals surface area (Å²) in [6.45, 7) is 5.92. The number of carbonyl (C=O) groups excluding carboxylic acids is 3. The highest BCUT2D eigenvalue weighted by atomic mass is 16.5. The first-order chi connectivity index (χ1) is 22.2. The Kier molecular flexibility index (Phi) is 10.5. The number of imidazole rings is 1. The molecule has 2 heterocycles.